The Morgan fingerprint density at radius 3 is 2.56 bits per heavy atom. The number of nitrogens with one attached hydrogen (secondary N) is 1. The number of methoxy groups -OCH3 is 1. The van der Waals surface area contributed by atoms with Crippen molar-refractivity contribution in [3.05, 3.63) is 11.6 Å². The third-order valence-electron chi connectivity index (χ3n) is 3.39. The summed E-state index contributed by atoms with van der Waals surface area (Å²) in [7, 11) is 1.43. The summed E-state index contributed by atoms with van der Waals surface area (Å²) < 4.78 is 4.72. The molecular weight excluding hydrogens is 228 g/mol. The number of likely N-dealkylation sites (tertiary alicyclic amines) is 1. The van der Waals surface area contributed by atoms with Crippen LogP contribution in [-0.4, -0.2) is 49.7 Å². The molecule has 1 saturated heterocycles. The Bertz CT molecular complexity index is 290. The molecular formula is C14H26N2O2. The minimum atomic E-state index is -0.204. The predicted molar refractivity (Wildman–Crippen MR) is 73.5 cm³/mol. The molecule has 4 nitrogen and oxygen atoms in total. The van der Waals surface area contributed by atoms with Gasteiger partial charge < -0.3 is 10.1 Å². The first-order valence-corrected chi connectivity index (χ1v) is 6.72. The molecule has 1 rings (SSSR count). The lowest BCUT2D eigenvalue weighted by molar-refractivity contribution is -0.142. The SMILES string of the molecule is COC(=O)[C@H](C)NC1CCN(CC=C(C)C)CC1. The van der Waals surface area contributed by atoms with Crippen molar-refractivity contribution in [3.8, 4) is 0 Å². The number of hydrogen-bond donors (Lipinski definition) is 1. The number of rotatable bonds is 5. The molecule has 1 aliphatic rings. The van der Waals surface area contributed by atoms with Crippen molar-refractivity contribution in [1.82, 2.24) is 10.2 Å². The monoisotopic (exact) mass is 254 g/mol. The molecule has 0 saturated carbocycles. The molecule has 104 valence electrons. The van der Waals surface area contributed by atoms with Crippen LogP contribution in [0.25, 0.3) is 0 Å². The van der Waals surface area contributed by atoms with Gasteiger partial charge in [-0.25, -0.2) is 0 Å². The Balaban J connectivity index is 2.27. The number of esters is 1. The number of allylic oxidation sites excluding steroid dienone is 1. The van der Waals surface area contributed by atoms with Crippen LogP contribution in [0, 0.1) is 0 Å². The fourth-order valence-electron chi connectivity index (χ4n) is 2.19. The normalized spacial score (nSPS) is 19.3. The summed E-state index contributed by atoms with van der Waals surface area (Å²) in [5.41, 5.74) is 1.37. The second-order valence-electron chi connectivity index (χ2n) is 5.27. The summed E-state index contributed by atoms with van der Waals surface area (Å²) in [6.45, 7) is 9.35. The fraction of sp³-hybridized carbons (Fsp3) is 0.786. The second kappa shape index (κ2) is 7.54. The molecule has 1 N–H and O–H groups in total. The van der Waals surface area contributed by atoms with E-state index >= 15 is 0 Å². The van der Waals surface area contributed by atoms with E-state index in [0.717, 1.165) is 32.5 Å². The predicted octanol–water partition coefficient (Wildman–Crippen LogP) is 1.57. The molecule has 0 aromatic heterocycles. The van der Waals surface area contributed by atoms with Gasteiger partial charge in [-0.15, -0.1) is 0 Å². The molecule has 18 heavy (non-hydrogen) atoms. The molecule has 1 aliphatic heterocycles. The van der Waals surface area contributed by atoms with Gasteiger partial charge in [-0.3, -0.25) is 9.69 Å². The lowest BCUT2D eigenvalue weighted by Crippen LogP contribution is -2.47. The number of carbonyl (C=O) groups excluding carboxylic acids is 1. The van der Waals surface area contributed by atoms with Gasteiger partial charge >= 0.3 is 5.97 Å². The van der Waals surface area contributed by atoms with Gasteiger partial charge in [-0.05, 0) is 46.7 Å². The van der Waals surface area contributed by atoms with Crippen molar-refractivity contribution >= 4 is 5.97 Å². The van der Waals surface area contributed by atoms with Gasteiger partial charge in [0, 0.05) is 12.6 Å². The van der Waals surface area contributed by atoms with Crippen molar-refractivity contribution in [3.63, 3.8) is 0 Å². The van der Waals surface area contributed by atoms with E-state index in [1.54, 1.807) is 0 Å². The summed E-state index contributed by atoms with van der Waals surface area (Å²) in [5.74, 6) is -0.179. The molecule has 4 heteroatoms. The van der Waals surface area contributed by atoms with Gasteiger partial charge in [0.05, 0.1) is 7.11 Å². The zero-order chi connectivity index (χ0) is 13.5. The largest absolute Gasteiger partial charge is 0.468 e. The molecule has 0 aromatic rings. The van der Waals surface area contributed by atoms with Crippen LogP contribution in [0.5, 0.6) is 0 Å². The maximum Gasteiger partial charge on any atom is 0.322 e. The van der Waals surface area contributed by atoms with Gasteiger partial charge in [0.2, 0.25) is 0 Å². The lowest BCUT2D eigenvalue weighted by atomic mass is 10.0. The number of nitrogens with zero attached hydrogens (tertiary/aromatic N) is 1. The van der Waals surface area contributed by atoms with Crippen LogP contribution in [0.2, 0.25) is 0 Å². The maximum absolute atomic E-state index is 11.3. The smallest absolute Gasteiger partial charge is 0.322 e. The van der Waals surface area contributed by atoms with Crippen LogP contribution < -0.4 is 5.32 Å². The molecule has 1 fully saturated rings. The van der Waals surface area contributed by atoms with Crippen LogP contribution in [0.15, 0.2) is 11.6 Å². The van der Waals surface area contributed by atoms with Crippen LogP contribution in [0.3, 0.4) is 0 Å². The van der Waals surface area contributed by atoms with E-state index in [1.807, 2.05) is 6.92 Å². The highest BCUT2D eigenvalue weighted by atomic mass is 16.5. The third kappa shape index (κ3) is 5.19. The van der Waals surface area contributed by atoms with E-state index in [1.165, 1.54) is 12.7 Å². The van der Waals surface area contributed by atoms with E-state index in [4.69, 9.17) is 4.74 Å². The Morgan fingerprint density at radius 1 is 1.44 bits per heavy atom. The van der Waals surface area contributed by atoms with Crippen LogP contribution in [0.1, 0.15) is 33.6 Å². The summed E-state index contributed by atoms with van der Waals surface area (Å²) >= 11 is 0. The number of hydrogen-bond acceptors (Lipinski definition) is 4. The Labute approximate surface area is 110 Å². The van der Waals surface area contributed by atoms with Crippen LogP contribution in [-0.2, 0) is 9.53 Å². The zero-order valence-corrected chi connectivity index (χ0v) is 12.0. The van der Waals surface area contributed by atoms with E-state index in [0.29, 0.717) is 6.04 Å². The minimum absolute atomic E-state index is 0.179. The van der Waals surface area contributed by atoms with Gasteiger partial charge in [0.1, 0.15) is 6.04 Å². The van der Waals surface area contributed by atoms with E-state index < -0.39 is 0 Å². The number of ether oxygens (including phenoxy) is 1. The van der Waals surface area contributed by atoms with Crippen molar-refractivity contribution in [2.45, 2.75) is 45.7 Å². The average molecular weight is 254 g/mol. The summed E-state index contributed by atoms with van der Waals surface area (Å²) in [5, 5.41) is 3.34. The van der Waals surface area contributed by atoms with Crippen molar-refractivity contribution < 1.29 is 9.53 Å². The fourth-order valence-corrected chi connectivity index (χ4v) is 2.19. The third-order valence-corrected chi connectivity index (χ3v) is 3.39. The molecule has 0 spiro atoms. The van der Waals surface area contributed by atoms with Gasteiger partial charge in [-0.1, -0.05) is 11.6 Å². The highest BCUT2D eigenvalue weighted by Gasteiger charge is 2.22. The Hall–Kier alpha value is -0.870. The summed E-state index contributed by atoms with van der Waals surface area (Å²) in [4.78, 5) is 13.8. The van der Waals surface area contributed by atoms with Gasteiger partial charge in [0.25, 0.3) is 0 Å². The van der Waals surface area contributed by atoms with Crippen LogP contribution >= 0.6 is 0 Å². The minimum Gasteiger partial charge on any atom is -0.468 e. The molecule has 0 radical (unpaired) electrons. The van der Waals surface area contributed by atoms with E-state index in [2.05, 4.69) is 30.1 Å². The standard InChI is InChI=1S/C14H26N2O2/c1-11(2)5-8-16-9-6-13(7-10-16)15-12(3)14(17)18-4/h5,12-13,15H,6-10H2,1-4H3/t12-/m0/s1. The molecule has 0 bridgehead atoms. The molecule has 0 aromatic carbocycles. The summed E-state index contributed by atoms with van der Waals surface area (Å²) in [6, 6.07) is 0.228. The van der Waals surface area contributed by atoms with Crippen molar-refractivity contribution in [2.24, 2.45) is 0 Å². The summed E-state index contributed by atoms with van der Waals surface area (Å²) in [6.07, 6.45) is 4.46. The molecule has 0 unspecified atom stereocenters. The molecule has 1 atom stereocenters. The van der Waals surface area contributed by atoms with Crippen molar-refractivity contribution in [2.75, 3.05) is 26.7 Å². The first-order valence-electron chi connectivity index (χ1n) is 6.72. The molecule has 0 amide bonds. The van der Waals surface area contributed by atoms with E-state index in [-0.39, 0.29) is 12.0 Å². The zero-order valence-electron chi connectivity index (χ0n) is 12.0. The number of piperidine rings is 1. The first-order chi connectivity index (χ1) is 8.52. The topological polar surface area (TPSA) is 41.6 Å². The van der Waals surface area contributed by atoms with E-state index in [9.17, 15) is 4.79 Å². The number of carbonyl (C=O) groups is 1. The molecule has 0 aliphatic carbocycles. The molecule has 1 heterocycles. The Morgan fingerprint density at radius 2 is 2.06 bits per heavy atom. The highest BCUT2D eigenvalue weighted by molar-refractivity contribution is 5.75. The lowest BCUT2D eigenvalue weighted by Gasteiger charge is -2.32. The van der Waals surface area contributed by atoms with Gasteiger partial charge in [-0.2, -0.15) is 0 Å². The quantitative estimate of drug-likeness (QED) is 0.597. The van der Waals surface area contributed by atoms with Crippen molar-refractivity contribution in [1.29, 1.82) is 0 Å². The second-order valence-corrected chi connectivity index (χ2v) is 5.27. The van der Waals surface area contributed by atoms with Gasteiger partial charge in [0.15, 0.2) is 0 Å². The maximum atomic E-state index is 11.3. The first kappa shape index (κ1) is 15.2. The van der Waals surface area contributed by atoms with Crippen LogP contribution in [0.4, 0.5) is 0 Å². The Kier molecular flexibility index (Phi) is 6.36. The highest BCUT2D eigenvalue weighted by Crippen LogP contribution is 2.11. The average Bonchev–Trinajstić information content (AvgIpc) is 2.36.